The van der Waals surface area contributed by atoms with Gasteiger partial charge in [-0.2, -0.15) is 0 Å². The zero-order chi connectivity index (χ0) is 8.97. The third-order valence-corrected chi connectivity index (χ3v) is 1.94. The average molecular weight is 205 g/mol. The third-order valence-electron chi connectivity index (χ3n) is 1.31. The maximum Gasteiger partial charge on any atom is 0.0406 e. The maximum atomic E-state index is 10.1. The van der Waals surface area contributed by atoms with Gasteiger partial charge >= 0.3 is 0 Å². The molecule has 0 saturated heterocycles. The molecule has 0 fully saturated rings. The topological polar surface area (TPSA) is 52.2 Å². The van der Waals surface area contributed by atoms with Crippen LogP contribution in [0.5, 0.6) is 0 Å². The van der Waals surface area contributed by atoms with Crippen molar-refractivity contribution in [2.75, 3.05) is 0 Å². The second-order valence-corrected chi connectivity index (χ2v) is 3.38. The molecule has 1 rings (SSSR count). The lowest BCUT2D eigenvalue weighted by Crippen LogP contribution is -2.15. The van der Waals surface area contributed by atoms with E-state index >= 15 is 0 Å². The minimum atomic E-state index is -2.20. The van der Waals surface area contributed by atoms with Crippen molar-refractivity contribution in [3.8, 4) is 0 Å². The summed E-state index contributed by atoms with van der Waals surface area (Å²) in [6.45, 7) is 0.299. The molecule has 1 aromatic rings. The average Bonchev–Trinajstić information content (AvgIpc) is 2.03. The van der Waals surface area contributed by atoms with Crippen molar-refractivity contribution in [2.24, 2.45) is 0 Å². The lowest BCUT2D eigenvalue weighted by molar-refractivity contribution is 0.522. The fourth-order valence-corrected chi connectivity index (χ4v) is 1.16. The van der Waals surface area contributed by atoms with Crippen molar-refractivity contribution in [1.29, 1.82) is 0 Å². The van der Waals surface area contributed by atoms with Gasteiger partial charge in [-0.15, -0.1) is 0 Å². The molecule has 1 atom stereocenters. The summed E-state index contributed by atoms with van der Waals surface area (Å²) in [6, 6.07) is 6.96. The number of benzene rings is 1. The summed E-state index contributed by atoms with van der Waals surface area (Å²) in [6.07, 6.45) is 0. The van der Waals surface area contributed by atoms with Crippen LogP contribution in [0.25, 0.3) is 0 Å². The third kappa shape index (κ3) is 3.32. The summed E-state index contributed by atoms with van der Waals surface area (Å²) in [4.78, 5) is 0. The minimum Gasteiger partial charge on any atom is -0.760 e. The molecule has 1 N–H and O–H groups in total. The van der Waals surface area contributed by atoms with Gasteiger partial charge in [0.15, 0.2) is 0 Å². The number of hydrogen-bond donors (Lipinski definition) is 1. The molecule has 0 bridgehead atoms. The number of rotatable bonds is 3. The normalized spacial score (nSPS) is 12.8. The molecule has 0 spiro atoms. The monoisotopic (exact) mass is 204 g/mol. The van der Waals surface area contributed by atoms with Crippen LogP contribution in [0.1, 0.15) is 5.56 Å². The van der Waals surface area contributed by atoms with Gasteiger partial charge in [-0.3, -0.25) is 4.21 Å². The molecule has 66 valence electrons. The summed E-state index contributed by atoms with van der Waals surface area (Å²) < 4.78 is 22.5. The van der Waals surface area contributed by atoms with Crippen LogP contribution in [0.2, 0.25) is 5.02 Å². The second-order valence-electron chi connectivity index (χ2n) is 2.18. The smallest absolute Gasteiger partial charge is 0.0406 e. The van der Waals surface area contributed by atoms with E-state index in [9.17, 15) is 8.76 Å². The zero-order valence-electron chi connectivity index (χ0n) is 6.12. The molecular weight excluding hydrogens is 198 g/mol. The molecule has 3 nitrogen and oxygen atoms in total. The van der Waals surface area contributed by atoms with Crippen molar-refractivity contribution < 1.29 is 8.76 Å². The minimum absolute atomic E-state index is 0.299. The summed E-state index contributed by atoms with van der Waals surface area (Å²) in [7, 11) is 0. The summed E-state index contributed by atoms with van der Waals surface area (Å²) >= 11 is 3.43. The molecule has 0 aliphatic heterocycles. The summed E-state index contributed by atoms with van der Waals surface area (Å²) in [5, 5.41) is 0.641. The highest BCUT2D eigenvalue weighted by Gasteiger charge is 1.91. The van der Waals surface area contributed by atoms with E-state index in [-0.39, 0.29) is 0 Å². The molecule has 0 aliphatic carbocycles. The van der Waals surface area contributed by atoms with Crippen molar-refractivity contribution in [1.82, 2.24) is 4.72 Å². The Labute approximate surface area is 78.2 Å². The Balaban J connectivity index is 2.53. The molecule has 0 aliphatic rings. The standard InChI is InChI=1S/C7H8ClNO2S/c8-7-3-1-6(2-4-7)5-9-12(10)11/h1-4,9H,5H2,(H,10,11)/p-1. The van der Waals surface area contributed by atoms with E-state index in [1.54, 1.807) is 24.3 Å². The van der Waals surface area contributed by atoms with E-state index < -0.39 is 11.3 Å². The highest BCUT2D eigenvalue weighted by Crippen LogP contribution is 2.08. The Hall–Kier alpha value is -0.420. The molecule has 0 amide bonds. The van der Waals surface area contributed by atoms with Crippen molar-refractivity contribution >= 4 is 22.9 Å². The van der Waals surface area contributed by atoms with Crippen LogP contribution in [0, 0.1) is 0 Å². The van der Waals surface area contributed by atoms with Gasteiger partial charge in [0.05, 0.1) is 0 Å². The Bertz CT molecular complexity index is 275. The van der Waals surface area contributed by atoms with E-state index in [1.165, 1.54) is 0 Å². The molecule has 0 radical (unpaired) electrons. The quantitative estimate of drug-likeness (QED) is 0.753. The maximum absolute atomic E-state index is 10.1. The van der Waals surface area contributed by atoms with E-state index in [2.05, 4.69) is 4.72 Å². The van der Waals surface area contributed by atoms with Gasteiger partial charge in [-0.1, -0.05) is 23.7 Å². The first-order valence-corrected chi connectivity index (χ1v) is 4.71. The highest BCUT2D eigenvalue weighted by molar-refractivity contribution is 7.77. The molecule has 1 unspecified atom stereocenters. The first-order valence-electron chi connectivity index (χ1n) is 3.25. The van der Waals surface area contributed by atoms with Crippen molar-refractivity contribution in [2.45, 2.75) is 6.54 Å². The summed E-state index contributed by atoms with van der Waals surface area (Å²) in [5.74, 6) is 0. The van der Waals surface area contributed by atoms with Crippen LogP contribution in [0.4, 0.5) is 0 Å². The Morgan fingerprint density at radius 2 is 2.00 bits per heavy atom. The first kappa shape index (κ1) is 9.67. The fourth-order valence-electron chi connectivity index (χ4n) is 0.745. The van der Waals surface area contributed by atoms with Crippen LogP contribution in [-0.2, 0) is 17.8 Å². The Kier molecular flexibility index (Phi) is 3.68. The SMILES string of the molecule is O=S([O-])NCc1ccc(Cl)cc1. The van der Waals surface area contributed by atoms with Gasteiger partial charge in [0.2, 0.25) is 0 Å². The van der Waals surface area contributed by atoms with Crippen molar-refractivity contribution in [3.63, 3.8) is 0 Å². The van der Waals surface area contributed by atoms with Crippen LogP contribution >= 0.6 is 11.6 Å². The molecule has 0 saturated carbocycles. The first-order chi connectivity index (χ1) is 5.68. The van der Waals surface area contributed by atoms with Gasteiger partial charge in [0, 0.05) is 22.8 Å². The Morgan fingerprint density at radius 3 is 2.50 bits per heavy atom. The van der Waals surface area contributed by atoms with E-state index in [1.807, 2.05) is 0 Å². The number of hydrogen-bond acceptors (Lipinski definition) is 2. The number of nitrogens with one attached hydrogen (secondary N) is 1. The van der Waals surface area contributed by atoms with E-state index in [0.717, 1.165) is 5.56 Å². The molecule has 0 aromatic heterocycles. The lowest BCUT2D eigenvalue weighted by Gasteiger charge is -2.06. The predicted octanol–water partition coefficient (Wildman–Crippen LogP) is 1.22. The lowest BCUT2D eigenvalue weighted by atomic mass is 10.2. The van der Waals surface area contributed by atoms with Crippen LogP contribution in [0.3, 0.4) is 0 Å². The van der Waals surface area contributed by atoms with E-state index in [0.29, 0.717) is 11.6 Å². The second kappa shape index (κ2) is 4.57. The van der Waals surface area contributed by atoms with E-state index in [4.69, 9.17) is 11.6 Å². The van der Waals surface area contributed by atoms with Gasteiger partial charge in [0.25, 0.3) is 0 Å². The largest absolute Gasteiger partial charge is 0.760 e. The van der Waals surface area contributed by atoms with Crippen LogP contribution in [0.15, 0.2) is 24.3 Å². The predicted molar refractivity (Wildman–Crippen MR) is 47.2 cm³/mol. The fraction of sp³-hybridized carbons (Fsp3) is 0.143. The van der Waals surface area contributed by atoms with Gasteiger partial charge < -0.3 is 4.55 Å². The zero-order valence-corrected chi connectivity index (χ0v) is 7.69. The highest BCUT2D eigenvalue weighted by atomic mass is 35.5. The Morgan fingerprint density at radius 1 is 1.42 bits per heavy atom. The van der Waals surface area contributed by atoms with Gasteiger partial charge in [-0.25, -0.2) is 4.72 Å². The van der Waals surface area contributed by atoms with Crippen molar-refractivity contribution in [3.05, 3.63) is 34.9 Å². The molecule has 5 heteroatoms. The number of halogens is 1. The van der Waals surface area contributed by atoms with Gasteiger partial charge in [-0.05, 0) is 17.7 Å². The molecular formula is C7H7ClNO2S-. The molecule has 12 heavy (non-hydrogen) atoms. The van der Waals surface area contributed by atoms with Crippen LogP contribution < -0.4 is 4.72 Å². The molecule has 1 aromatic carbocycles. The van der Waals surface area contributed by atoms with Crippen LogP contribution in [-0.4, -0.2) is 8.76 Å². The van der Waals surface area contributed by atoms with Gasteiger partial charge in [0.1, 0.15) is 0 Å². The summed E-state index contributed by atoms with van der Waals surface area (Å²) in [5.41, 5.74) is 0.878. The molecule has 0 heterocycles.